The molecule has 0 spiro atoms. The Morgan fingerprint density at radius 3 is 1.97 bits per heavy atom. The number of alkyl carbamates (subject to hydrolysis) is 1. The summed E-state index contributed by atoms with van der Waals surface area (Å²) in [5, 5.41) is 14.8. The lowest BCUT2D eigenvalue weighted by atomic mass is 9.85. The Morgan fingerprint density at radius 2 is 1.50 bits per heavy atom. The maximum Gasteiger partial charge on any atom is 0.407 e. The van der Waals surface area contributed by atoms with Gasteiger partial charge in [0.25, 0.3) is 0 Å². The number of carbonyl (C=O) groups excluding carboxylic acids is 2. The summed E-state index contributed by atoms with van der Waals surface area (Å²) in [5.41, 5.74) is 3.79. The number of hydrogen-bond donors (Lipinski definition) is 3. The second-order valence-corrected chi connectivity index (χ2v) is 9.98. The van der Waals surface area contributed by atoms with E-state index in [0.29, 0.717) is 6.42 Å². The number of carboxylic acids is 1. The maximum absolute atomic E-state index is 13.0. The first-order valence-electron chi connectivity index (χ1n) is 11.7. The van der Waals surface area contributed by atoms with Crippen LogP contribution in [0, 0.1) is 11.3 Å². The second-order valence-electron chi connectivity index (χ2n) is 9.98. The zero-order valence-corrected chi connectivity index (χ0v) is 20.4. The standard InChI is InChI=1S/C27H34N2O5/c1-6-16(2)22(25(31)32)28-24(30)23(27(3,4)5)29-26(33)34-15-21-19-13-9-7-11-17(19)18-12-8-10-14-20(18)21/h7-14,16,21-23H,6,15H2,1-5H3,(H,28,30)(H,29,33)(H,31,32)/t16?,22?,23-/m1/s1. The van der Waals surface area contributed by atoms with Gasteiger partial charge in [0.1, 0.15) is 18.7 Å². The maximum atomic E-state index is 13.0. The van der Waals surface area contributed by atoms with Crippen molar-refractivity contribution < 1.29 is 24.2 Å². The van der Waals surface area contributed by atoms with Gasteiger partial charge in [-0.25, -0.2) is 9.59 Å². The smallest absolute Gasteiger partial charge is 0.407 e. The van der Waals surface area contributed by atoms with E-state index >= 15 is 0 Å². The van der Waals surface area contributed by atoms with E-state index in [-0.39, 0.29) is 18.4 Å². The molecule has 3 atom stereocenters. The van der Waals surface area contributed by atoms with Crippen LogP contribution in [-0.2, 0) is 14.3 Å². The monoisotopic (exact) mass is 466 g/mol. The van der Waals surface area contributed by atoms with Crippen molar-refractivity contribution in [3.8, 4) is 11.1 Å². The lowest BCUT2D eigenvalue weighted by molar-refractivity contribution is -0.144. The average molecular weight is 467 g/mol. The number of hydrogen-bond acceptors (Lipinski definition) is 4. The minimum Gasteiger partial charge on any atom is -0.480 e. The number of carboxylic acid groups (broad SMARTS) is 1. The summed E-state index contributed by atoms with van der Waals surface area (Å²) in [7, 11) is 0. The van der Waals surface area contributed by atoms with Crippen molar-refractivity contribution in [2.75, 3.05) is 6.61 Å². The molecule has 2 unspecified atom stereocenters. The van der Waals surface area contributed by atoms with Crippen molar-refractivity contribution >= 4 is 18.0 Å². The lowest BCUT2D eigenvalue weighted by Gasteiger charge is -2.32. The van der Waals surface area contributed by atoms with Gasteiger partial charge in [-0.15, -0.1) is 0 Å². The van der Waals surface area contributed by atoms with Crippen molar-refractivity contribution in [1.82, 2.24) is 10.6 Å². The number of benzene rings is 2. The first kappa shape index (κ1) is 25.3. The fraction of sp³-hybridized carbons (Fsp3) is 0.444. The molecule has 3 rings (SSSR count). The van der Waals surface area contributed by atoms with E-state index in [1.807, 2.05) is 43.3 Å². The molecule has 0 radical (unpaired) electrons. The second kappa shape index (κ2) is 10.3. The van der Waals surface area contributed by atoms with Crippen LogP contribution in [0.25, 0.3) is 11.1 Å². The van der Waals surface area contributed by atoms with Gasteiger partial charge in [0.15, 0.2) is 0 Å². The highest BCUT2D eigenvalue weighted by Crippen LogP contribution is 2.44. The van der Waals surface area contributed by atoms with E-state index in [1.165, 1.54) is 0 Å². The van der Waals surface area contributed by atoms with Crippen molar-refractivity contribution in [3.63, 3.8) is 0 Å². The SMILES string of the molecule is CCC(C)C(NC(=O)[C@@H](NC(=O)OCC1c2ccccc2-c2ccccc21)C(C)(C)C)C(=O)O. The zero-order chi connectivity index (χ0) is 25.0. The Labute approximate surface area is 200 Å². The molecule has 3 N–H and O–H groups in total. The normalized spacial score (nSPS) is 15.4. The van der Waals surface area contributed by atoms with Gasteiger partial charge >= 0.3 is 12.1 Å². The summed E-state index contributed by atoms with van der Waals surface area (Å²) in [4.78, 5) is 37.4. The molecule has 1 aliphatic rings. The van der Waals surface area contributed by atoms with Crippen LogP contribution in [0.15, 0.2) is 48.5 Å². The fourth-order valence-corrected chi connectivity index (χ4v) is 4.35. The van der Waals surface area contributed by atoms with Gasteiger partial charge in [-0.3, -0.25) is 4.79 Å². The molecule has 0 aliphatic heterocycles. The van der Waals surface area contributed by atoms with E-state index in [4.69, 9.17) is 4.74 Å². The Balaban J connectivity index is 1.70. The molecule has 1 aliphatic carbocycles. The Kier molecular flexibility index (Phi) is 7.64. The third kappa shape index (κ3) is 5.41. The number of ether oxygens (including phenoxy) is 1. The summed E-state index contributed by atoms with van der Waals surface area (Å²) in [6.45, 7) is 9.18. The largest absolute Gasteiger partial charge is 0.480 e. The minimum absolute atomic E-state index is 0.0955. The van der Waals surface area contributed by atoms with Crippen LogP contribution in [0.5, 0.6) is 0 Å². The van der Waals surface area contributed by atoms with Crippen LogP contribution in [0.1, 0.15) is 58.1 Å². The summed E-state index contributed by atoms with van der Waals surface area (Å²) < 4.78 is 5.59. The van der Waals surface area contributed by atoms with Crippen molar-refractivity contribution in [2.24, 2.45) is 11.3 Å². The van der Waals surface area contributed by atoms with Crippen molar-refractivity contribution in [3.05, 3.63) is 59.7 Å². The molecular formula is C27H34N2O5. The summed E-state index contributed by atoms with van der Waals surface area (Å²) in [5.74, 6) is -2.00. The van der Waals surface area contributed by atoms with E-state index in [9.17, 15) is 19.5 Å². The highest BCUT2D eigenvalue weighted by Gasteiger charge is 2.37. The third-order valence-electron chi connectivity index (χ3n) is 6.51. The van der Waals surface area contributed by atoms with Gasteiger partial charge in [-0.05, 0) is 33.6 Å². The van der Waals surface area contributed by atoms with Crippen LogP contribution < -0.4 is 10.6 Å². The average Bonchev–Trinajstić information content (AvgIpc) is 3.11. The molecule has 2 aromatic rings. The van der Waals surface area contributed by atoms with Gasteiger partial charge in [-0.1, -0.05) is 89.6 Å². The molecule has 0 saturated heterocycles. The Hall–Kier alpha value is -3.35. The first-order chi connectivity index (χ1) is 16.0. The molecule has 0 saturated carbocycles. The molecule has 0 fully saturated rings. The Morgan fingerprint density at radius 1 is 0.971 bits per heavy atom. The molecule has 2 amide bonds. The molecule has 7 heteroatoms. The molecular weight excluding hydrogens is 432 g/mol. The number of carbonyl (C=O) groups is 3. The van der Waals surface area contributed by atoms with Gasteiger partial charge in [-0.2, -0.15) is 0 Å². The van der Waals surface area contributed by atoms with Gasteiger partial charge < -0.3 is 20.5 Å². The van der Waals surface area contributed by atoms with Crippen LogP contribution >= 0.6 is 0 Å². The van der Waals surface area contributed by atoms with Gasteiger partial charge in [0, 0.05) is 5.92 Å². The quantitative estimate of drug-likeness (QED) is 0.529. The minimum atomic E-state index is -1.10. The lowest BCUT2D eigenvalue weighted by Crippen LogP contribution is -2.57. The van der Waals surface area contributed by atoms with Crippen LogP contribution in [0.2, 0.25) is 0 Å². The number of aliphatic carboxylic acids is 1. The van der Waals surface area contributed by atoms with Crippen LogP contribution in [0.4, 0.5) is 4.79 Å². The summed E-state index contributed by atoms with van der Waals surface area (Å²) in [6.07, 6.45) is -0.121. The molecule has 34 heavy (non-hydrogen) atoms. The van der Waals surface area contributed by atoms with Gasteiger partial charge in [0.2, 0.25) is 5.91 Å². The predicted molar refractivity (Wildman–Crippen MR) is 130 cm³/mol. The van der Waals surface area contributed by atoms with Crippen LogP contribution in [0.3, 0.4) is 0 Å². The van der Waals surface area contributed by atoms with E-state index in [1.54, 1.807) is 27.7 Å². The van der Waals surface area contributed by atoms with Crippen molar-refractivity contribution in [2.45, 2.75) is 59.0 Å². The van der Waals surface area contributed by atoms with E-state index < -0.39 is 35.5 Å². The predicted octanol–water partition coefficient (Wildman–Crippen LogP) is 4.56. The Bertz CT molecular complexity index is 1010. The topological polar surface area (TPSA) is 105 Å². The molecule has 7 nitrogen and oxygen atoms in total. The number of rotatable bonds is 8. The fourth-order valence-electron chi connectivity index (χ4n) is 4.35. The number of fused-ring (bicyclic) bond motifs is 3. The molecule has 2 aromatic carbocycles. The van der Waals surface area contributed by atoms with E-state index in [0.717, 1.165) is 22.3 Å². The number of amides is 2. The summed E-state index contributed by atoms with van der Waals surface area (Å²) in [6, 6.07) is 14.1. The third-order valence-corrected chi connectivity index (χ3v) is 6.51. The molecule has 0 bridgehead atoms. The zero-order valence-electron chi connectivity index (χ0n) is 20.4. The van der Waals surface area contributed by atoms with Gasteiger partial charge in [0.05, 0.1) is 0 Å². The van der Waals surface area contributed by atoms with Crippen LogP contribution in [-0.4, -0.2) is 41.8 Å². The molecule has 0 heterocycles. The summed E-state index contributed by atoms with van der Waals surface area (Å²) >= 11 is 0. The van der Waals surface area contributed by atoms with E-state index in [2.05, 4.69) is 22.8 Å². The van der Waals surface area contributed by atoms with Crippen molar-refractivity contribution in [1.29, 1.82) is 0 Å². The highest BCUT2D eigenvalue weighted by molar-refractivity contribution is 5.90. The first-order valence-corrected chi connectivity index (χ1v) is 11.7. The molecule has 182 valence electrons. The molecule has 0 aromatic heterocycles. The highest BCUT2D eigenvalue weighted by atomic mass is 16.5. The number of nitrogens with one attached hydrogen (secondary N) is 2.